The molecule has 0 atom stereocenters. The third-order valence-electron chi connectivity index (χ3n) is 3.20. The Morgan fingerprint density at radius 1 is 1.10 bits per heavy atom. The average Bonchev–Trinajstić information content (AvgIpc) is 2.91. The van der Waals surface area contributed by atoms with Crippen LogP contribution in [0.15, 0.2) is 34.9 Å². The van der Waals surface area contributed by atoms with Crippen LogP contribution in [0, 0.1) is 0 Å². The van der Waals surface area contributed by atoms with Gasteiger partial charge in [0.05, 0.1) is 6.54 Å². The van der Waals surface area contributed by atoms with Crippen LogP contribution in [0.3, 0.4) is 0 Å². The van der Waals surface area contributed by atoms with Gasteiger partial charge in [-0.15, -0.1) is 0 Å². The molecular formula is C16H23N3O. The summed E-state index contributed by atoms with van der Waals surface area (Å²) in [4.78, 5) is 4.40. The van der Waals surface area contributed by atoms with Crippen molar-refractivity contribution in [2.24, 2.45) is 0 Å². The zero-order valence-corrected chi connectivity index (χ0v) is 12.1. The van der Waals surface area contributed by atoms with Crippen LogP contribution < -0.4 is 5.32 Å². The molecule has 20 heavy (non-hydrogen) atoms. The maximum Gasteiger partial charge on any atom is 0.240 e. The van der Waals surface area contributed by atoms with E-state index in [1.54, 1.807) is 0 Å². The summed E-state index contributed by atoms with van der Waals surface area (Å²) in [5.41, 5.74) is 1.20. The fourth-order valence-electron chi connectivity index (χ4n) is 2.08. The van der Waals surface area contributed by atoms with Gasteiger partial charge in [0.25, 0.3) is 0 Å². The van der Waals surface area contributed by atoms with Crippen molar-refractivity contribution < 1.29 is 4.52 Å². The highest BCUT2D eigenvalue weighted by Crippen LogP contribution is 2.06. The molecule has 0 unspecified atom stereocenters. The molecule has 1 heterocycles. The predicted molar refractivity (Wildman–Crippen MR) is 79.4 cm³/mol. The monoisotopic (exact) mass is 273 g/mol. The molecule has 108 valence electrons. The van der Waals surface area contributed by atoms with Crippen molar-refractivity contribution in [1.29, 1.82) is 0 Å². The molecule has 4 heteroatoms. The smallest absolute Gasteiger partial charge is 0.240 e. The van der Waals surface area contributed by atoms with Crippen LogP contribution in [-0.4, -0.2) is 16.7 Å². The number of nitrogens with zero attached hydrogens (tertiary/aromatic N) is 2. The number of aromatic nitrogens is 2. The van der Waals surface area contributed by atoms with Crippen LogP contribution in [0.25, 0.3) is 0 Å². The molecule has 0 amide bonds. The summed E-state index contributed by atoms with van der Waals surface area (Å²) in [6.45, 7) is 3.89. The number of benzene rings is 1. The highest BCUT2D eigenvalue weighted by molar-refractivity contribution is 5.18. The molecular weight excluding hydrogens is 250 g/mol. The fourth-order valence-corrected chi connectivity index (χ4v) is 2.08. The van der Waals surface area contributed by atoms with Gasteiger partial charge in [0.15, 0.2) is 5.82 Å². The first-order valence-electron chi connectivity index (χ1n) is 7.44. The summed E-state index contributed by atoms with van der Waals surface area (Å²) in [5.74, 6) is 1.42. The molecule has 1 aromatic heterocycles. The van der Waals surface area contributed by atoms with E-state index in [1.165, 1.54) is 31.2 Å². The summed E-state index contributed by atoms with van der Waals surface area (Å²) >= 11 is 0. The van der Waals surface area contributed by atoms with Gasteiger partial charge in [-0.3, -0.25) is 0 Å². The van der Waals surface area contributed by atoms with Crippen LogP contribution in [0.1, 0.15) is 49.9 Å². The Labute approximate surface area is 120 Å². The molecule has 0 saturated heterocycles. The molecule has 0 fully saturated rings. The van der Waals surface area contributed by atoms with Crippen molar-refractivity contribution in [3.63, 3.8) is 0 Å². The number of unbranched alkanes of at least 4 members (excludes halogenated alkanes) is 3. The van der Waals surface area contributed by atoms with E-state index < -0.39 is 0 Å². The minimum absolute atomic E-state index is 0.661. The lowest BCUT2D eigenvalue weighted by molar-refractivity contribution is 0.363. The Kier molecular flexibility index (Phi) is 6.24. The van der Waals surface area contributed by atoms with E-state index in [-0.39, 0.29) is 0 Å². The van der Waals surface area contributed by atoms with E-state index in [4.69, 9.17) is 4.52 Å². The summed E-state index contributed by atoms with van der Waals surface area (Å²) in [6, 6.07) is 10.2. The van der Waals surface area contributed by atoms with Gasteiger partial charge in [0.2, 0.25) is 5.89 Å². The Morgan fingerprint density at radius 2 is 1.95 bits per heavy atom. The van der Waals surface area contributed by atoms with Gasteiger partial charge in [-0.05, 0) is 18.5 Å². The van der Waals surface area contributed by atoms with Gasteiger partial charge in [0.1, 0.15) is 0 Å². The first-order valence-corrected chi connectivity index (χ1v) is 7.44. The number of rotatable bonds is 9. The van der Waals surface area contributed by atoms with E-state index >= 15 is 0 Å². The molecule has 4 nitrogen and oxygen atoms in total. The molecule has 0 saturated carbocycles. The van der Waals surface area contributed by atoms with Gasteiger partial charge in [0, 0.05) is 6.42 Å². The molecule has 1 N–H and O–H groups in total. The lowest BCUT2D eigenvalue weighted by Gasteiger charge is -2.00. The van der Waals surface area contributed by atoms with Gasteiger partial charge in [-0.1, -0.05) is 61.7 Å². The highest BCUT2D eigenvalue weighted by atomic mass is 16.5. The van der Waals surface area contributed by atoms with Crippen molar-refractivity contribution in [3.05, 3.63) is 47.6 Å². The third-order valence-corrected chi connectivity index (χ3v) is 3.20. The highest BCUT2D eigenvalue weighted by Gasteiger charge is 2.06. The Hall–Kier alpha value is -1.68. The van der Waals surface area contributed by atoms with E-state index in [0.29, 0.717) is 12.4 Å². The van der Waals surface area contributed by atoms with Crippen molar-refractivity contribution in [3.8, 4) is 0 Å². The molecule has 0 aliphatic rings. The van der Waals surface area contributed by atoms with Gasteiger partial charge in [-0.25, -0.2) is 0 Å². The SMILES string of the molecule is CCCCCCNCc1nc(Cc2ccccc2)no1. The molecule has 2 rings (SSSR count). The zero-order chi connectivity index (χ0) is 14.0. The second-order valence-electron chi connectivity index (χ2n) is 5.00. The van der Waals surface area contributed by atoms with Crippen LogP contribution >= 0.6 is 0 Å². The predicted octanol–water partition coefficient (Wildman–Crippen LogP) is 3.33. The van der Waals surface area contributed by atoms with Crippen molar-refractivity contribution in [1.82, 2.24) is 15.5 Å². The third kappa shape index (κ3) is 5.13. The first-order chi connectivity index (χ1) is 9.88. The zero-order valence-electron chi connectivity index (χ0n) is 12.1. The Morgan fingerprint density at radius 3 is 2.75 bits per heavy atom. The fraction of sp³-hybridized carbons (Fsp3) is 0.500. The van der Waals surface area contributed by atoms with Crippen molar-refractivity contribution in [2.45, 2.75) is 45.6 Å². The molecule has 0 radical (unpaired) electrons. The molecule has 2 aromatic rings. The maximum absolute atomic E-state index is 5.24. The lowest BCUT2D eigenvalue weighted by atomic mass is 10.1. The van der Waals surface area contributed by atoms with Crippen LogP contribution in [0.4, 0.5) is 0 Å². The summed E-state index contributed by atoms with van der Waals surface area (Å²) in [7, 11) is 0. The van der Waals surface area contributed by atoms with Gasteiger partial charge >= 0.3 is 0 Å². The second kappa shape index (κ2) is 8.48. The van der Waals surface area contributed by atoms with Crippen LogP contribution in [0.2, 0.25) is 0 Å². The number of hydrogen-bond acceptors (Lipinski definition) is 4. The first kappa shape index (κ1) is 14.7. The van der Waals surface area contributed by atoms with Gasteiger partial charge in [-0.2, -0.15) is 4.98 Å². The molecule has 0 aliphatic heterocycles. The van der Waals surface area contributed by atoms with Gasteiger partial charge < -0.3 is 9.84 Å². The molecule has 0 aliphatic carbocycles. The average molecular weight is 273 g/mol. The van der Waals surface area contributed by atoms with Crippen LogP contribution in [0.5, 0.6) is 0 Å². The quantitative estimate of drug-likeness (QED) is 0.712. The normalized spacial score (nSPS) is 10.8. The summed E-state index contributed by atoms with van der Waals surface area (Å²) < 4.78 is 5.24. The van der Waals surface area contributed by atoms with E-state index in [2.05, 4.69) is 34.5 Å². The molecule has 0 bridgehead atoms. The summed E-state index contributed by atoms with van der Waals surface area (Å²) in [5, 5.41) is 7.36. The minimum Gasteiger partial charge on any atom is -0.338 e. The van der Waals surface area contributed by atoms with Crippen molar-refractivity contribution >= 4 is 0 Å². The summed E-state index contributed by atoms with van der Waals surface area (Å²) in [6.07, 6.45) is 5.79. The minimum atomic E-state index is 0.661. The van der Waals surface area contributed by atoms with E-state index in [9.17, 15) is 0 Å². The lowest BCUT2D eigenvalue weighted by Crippen LogP contribution is -2.14. The number of nitrogens with one attached hydrogen (secondary N) is 1. The number of hydrogen-bond donors (Lipinski definition) is 1. The Bertz CT molecular complexity index is 481. The maximum atomic E-state index is 5.24. The second-order valence-corrected chi connectivity index (χ2v) is 5.00. The standard InChI is InChI=1S/C16H23N3O/c1-2-3-4-8-11-17-13-16-18-15(19-20-16)12-14-9-6-5-7-10-14/h5-7,9-10,17H,2-4,8,11-13H2,1H3. The van der Waals surface area contributed by atoms with E-state index in [1.807, 2.05) is 18.2 Å². The molecule has 1 aromatic carbocycles. The van der Waals surface area contributed by atoms with Crippen molar-refractivity contribution in [2.75, 3.05) is 6.54 Å². The molecule has 0 spiro atoms. The Balaban J connectivity index is 1.70. The topological polar surface area (TPSA) is 51.0 Å². The van der Waals surface area contributed by atoms with E-state index in [0.717, 1.165) is 18.8 Å². The van der Waals surface area contributed by atoms with Crippen LogP contribution in [-0.2, 0) is 13.0 Å². The largest absolute Gasteiger partial charge is 0.338 e.